The smallest absolute Gasteiger partial charge is 0.405 e. The number of carbonyl (C=O) groups is 1. The van der Waals surface area contributed by atoms with Gasteiger partial charge in [0.1, 0.15) is 5.60 Å². The number of unbranched alkanes of at least 4 members (excludes halogenated alkanes) is 1. The predicted molar refractivity (Wildman–Crippen MR) is 51.3 cm³/mol. The molecule has 0 aromatic carbocycles. The average Bonchev–Trinajstić information content (AvgIpc) is 2.81. The summed E-state index contributed by atoms with van der Waals surface area (Å²) in [4.78, 5) is 10.7. The Balaban J connectivity index is 2.46. The van der Waals surface area contributed by atoms with E-state index in [4.69, 9.17) is 10.5 Å². The molecular formula is C10H19NO2. The lowest BCUT2D eigenvalue weighted by molar-refractivity contribution is 0.00516. The van der Waals surface area contributed by atoms with Crippen LogP contribution in [0.1, 0.15) is 46.0 Å². The normalized spacial score (nSPS) is 20.8. The van der Waals surface area contributed by atoms with Gasteiger partial charge in [0, 0.05) is 0 Å². The minimum absolute atomic E-state index is 0.290. The van der Waals surface area contributed by atoms with Crippen LogP contribution in [0, 0.1) is 5.92 Å². The Morgan fingerprint density at radius 3 is 2.62 bits per heavy atom. The van der Waals surface area contributed by atoms with E-state index in [0.717, 1.165) is 19.3 Å². The van der Waals surface area contributed by atoms with E-state index in [2.05, 4.69) is 6.92 Å². The Morgan fingerprint density at radius 2 is 2.23 bits per heavy atom. The third-order valence-corrected chi connectivity index (χ3v) is 2.80. The number of ether oxygens (including phenoxy) is 1. The summed E-state index contributed by atoms with van der Waals surface area (Å²) in [5.41, 5.74) is 4.76. The van der Waals surface area contributed by atoms with Crippen molar-refractivity contribution in [1.29, 1.82) is 0 Å². The van der Waals surface area contributed by atoms with Crippen molar-refractivity contribution < 1.29 is 9.53 Å². The second-order valence-electron chi connectivity index (χ2n) is 4.11. The standard InChI is InChI=1S/C10H19NO2/c1-3-4-7-10(2,8-5-6-8)13-9(11)12/h8H,3-7H2,1-2H3,(H2,11,12). The predicted octanol–water partition coefficient (Wildman–Crippen LogP) is 2.44. The van der Waals surface area contributed by atoms with Crippen molar-refractivity contribution in [2.45, 2.75) is 51.6 Å². The van der Waals surface area contributed by atoms with E-state index in [0.29, 0.717) is 5.92 Å². The molecule has 1 fully saturated rings. The molecular weight excluding hydrogens is 166 g/mol. The molecule has 0 spiro atoms. The van der Waals surface area contributed by atoms with Crippen molar-refractivity contribution in [3.63, 3.8) is 0 Å². The van der Waals surface area contributed by atoms with Crippen molar-refractivity contribution >= 4 is 6.09 Å². The molecule has 1 aliphatic carbocycles. The molecule has 3 heteroatoms. The van der Waals surface area contributed by atoms with E-state index in [1.807, 2.05) is 6.92 Å². The molecule has 0 aromatic rings. The zero-order valence-corrected chi connectivity index (χ0v) is 8.51. The van der Waals surface area contributed by atoms with Crippen LogP contribution in [-0.2, 0) is 4.74 Å². The molecule has 0 aliphatic heterocycles. The molecule has 76 valence electrons. The molecule has 1 amide bonds. The Hall–Kier alpha value is -0.730. The van der Waals surface area contributed by atoms with Crippen molar-refractivity contribution in [3.05, 3.63) is 0 Å². The monoisotopic (exact) mass is 185 g/mol. The SMILES string of the molecule is CCCCC(C)(OC(N)=O)C1CC1. The van der Waals surface area contributed by atoms with Crippen LogP contribution in [0.4, 0.5) is 4.79 Å². The Morgan fingerprint density at radius 1 is 1.62 bits per heavy atom. The first-order valence-corrected chi connectivity index (χ1v) is 5.07. The fourth-order valence-electron chi connectivity index (χ4n) is 1.79. The molecule has 0 aromatic heterocycles. The molecule has 1 aliphatic rings. The minimum atomic E-state index is -0.634. The molecule has 1 rings (SSSR count). The number of primary amides is 1. The summed E-state index contributed by atoms with van der Waals surface area (Å²) in [6.45, 7) is 4.14. The van der Waals surface area contributed by atoms with Gasteiger partial charge in [-0.2, -0.15) is 0 Å². The lowest BCUT2D eigenvalue weighted by Gasteiger charge is -2.28. The summed E-state index contributed by atoms with van der Waals surface area (Å²) >= 11 is 0. The van der Waals surface area contributed by atoms with Crippen molar-refractivity contribution in [2.24, 2.45) is 11.7 Å². The van der Waals surface area contributed by atoms with Gasteiger partial charge < -0.3 is 10.5 Å². The van der Waals surface area contributed by atoms with E-state index >= 15 is 0 Å². The molecule has 0 radical (unpaired) electrons. The van der Waals surface area contributed by atoms with Crippen LogP contribution in [0.3, 0.4) is 0 Å². The van der Waals surface area contributed by atoms with Gasteiger partial charge >= 0.3 is 6.09 Å². The summed E-state index contributed by atoms with van der Waals surface area (Å²) in [7, 11) is 0. The Bertz CT molecular complexity index is 189. The molecule has 1 saturated carbocycles. The number of nitrogens with two attached hydrogens (primary N) is 1. The number of carbonyl (C=O) groups excluding carboxylic acids is 1. The van der Waals surface area contributed by atoms with Crippen molar-refractivity contribution in [2.75, 3.05) is 0 Å². The highest BCUT2D eigenvalue weighted by Gasteiger charge is 2.43. The fourth-order valence-corrected chi connectivity index (χ4v) is 1.79. The second kappa shape index (κ2) is 3.99. The van der Waals surface area contributed by atoms with Crippen LogP contribution >= 0.6 is 0 Å². The van der Waals surface area contributed by atoms with Crippen molar-refractivity contribution in [1.82, 2.24) is 0 Å². The van der Waals surface area contributed by atoms with Gasteiger partial charge in [-0.1, -0.05) is 13.3 Å². The van der Waals surface area contributed by atoms with Gasteiger partial charge in [-0.05, 0) is 38.5 Å². The third kappa shape index (κ3) is 2.90. The van der Waals surface area contributed by atoms with Crippen molar-refractivity contribution in [3.8, 4) is 0 Å². The van der Waals surface area contributed by atoms with E-state index in [9.17, 15) is 4.79 Å². The zero-order chi connectivity index (χ0) is 9.90. The number of amides is 1. The average molecular weight is 185 g/mol. The van der Waals surface area contributed by atoms with Crippen LogP contribution in [0.2, 0.25) is 0 Å². The molecule has 1 unspecified atom stereocenters. The first-order chi connectivity index (χ1) is 6.08. The van der Waals surface area contributed by atoms with Gasteiger partial charge in [-0.3, -0.25) is 0 Å². The molecule has 0 saturated heterocycles. The number of hydrogen-bond donors (Lipinski definition) is 1. The molecule has 0 bridgehead atoms. The van der Waals surface area contributed by atoms with E-state index in [1.54, 1.807) is 0 Å². The topological polar surface area (TPSA) is 52.3 Å². The van der Waals surface area contributed by atoms with Crippen LogP contribution in [0.5, 0.6) is 0 Å². The Labute approximate surface area is 79.6 Å². The fraction of sp³-hybridized carbons (Fsp3) is 0.900. The van der Waals surface area contributed by atoms with E-state index < -0.39 is 6.09 Å². The highest BCUT2D eigenvalue weighted by Crippen LogP contribution is 2.44. The molecule has 3 nitrogen and oxygen atoms in total. The highest BCUT2D eigenvalue weighted by atomic mass is 16.6. The summed E-state index contributed by atoms with van der Waals surface area (Å²) in [6, 6.07) is 0. The lowest BCUT2D eigenvalue weighted by Crippen LogP contribution is -2.36. The maximum Gasteiger partial charge on any atom is 0.405 e. The largest absolute Gasteiger partial charge is 0.443 e. The second-order valence-corrected chi connectivity index (χ2v) is 4.11. The van der Waals surface area contributed by atoms with Gasteiger partial charge in [0.15, 0.2) is 0 Å². The maximum absolute atomic E-state index is 10.7. The summed E-state index contributed by atoms with van der Waals surface area (Å²) in [6.07, 6.45) is 4.88. The van der Waals surface area contributed by atoms with Gasteiger partial charge in [-0.15, -0.1) is 0 Å². The lowest BCUT2D eigenvalue weighted by atomic mass is 9.93. The van der Waals surface area contributed by atoms with Crippen LogP contribution in [-0.4, -0.2) is 11.7 Å². The van der Waals surface area contributed by atoms with Gasteiger partial charge in [-0.25, -0.2) is 4.79 Å². The molecule has 13 heavy (non-hydrogen) atoms. The Kier molecular flexibility index (Phi) is 3.17. The summed E-state index contributed by atoms with van der Waals surface area (Å²) in [5, 5.41) is 0. The number of hydrogen-bond acceptors (Lipinski definition) is 2. The molecule has 2 N–H and O–H groups in total. The number of rotatable bonds is 5. The van der Waals surface area contributed by atoms with E-state index in [1.165, 1.54) is 12.8 Å². The zero-order valence-electron chi connectivity index (χ0n) is 8.51. The molecule has 0 heterocycles. The van der Waals surface area contributed by atoms with E-state index in [-0.39, 0.29) is 5.60 Å². The van der Waals surface area contributed by atoms with Gasteiger partial charge in [0.05, 0.1) is 0 Å². The highest BCUT2D eigenvalue weighted by molar-refractivity contribution is 5.65. The first kappa shape index (κ1) is 10.4. The minimum Gasteiger partial charge on any atom is -0.443 e. The first-order valence-electron chi connectivity index (χ1n) is 5.07. The maximum atomic E-state index is 10.7. The molecule has 1 atom stereocenters. The third-order valence-electron chi connectivity index (χ3n) is 2.80. The van der Waals surface area contributed by atoms with Crippen LogP contribution in [0.25, 0.3) is 0 Å². The summed E-state index contributed by atoms with van der Waals surface area (Å²) in [5.74, 6) is 0.548. The van der Waals surface area contributed by atoms with Crippen LogP contribution in [0.15, 0.2) is 0 Å². The van der Waals surface area contributed by atoms with Gasteiger partial charge in [0.2, 0.25) is 0 Å². The summed E-state index contributed by atoms with van der Waals surface area (Å²) < 4.78 is 5.20. The van der Waals surface area contributed by atoms with Crippen LogP contribution < -0.4 is 5.73 Å². The van der Waals surface area contributed by atoms with Gasteiger partial charge in [0.25, 0.3) is 0 Å². The quantitative estimate of drug-likeness (QED) is 0.715.